The first kappa shape index (κ1) is 18.8. The predicted octanol–water partition coefficient (Wildman–Crippen LogP) is 3.56. The van der Waals surface area contributed by atoms with Crippen LogP contribution < -0.4 is 10.1 Å². The summed E-state index contributed by atoms with van der Waals surface area (Å²) in [6.45, 7) is 4.09. The molecule has 2 rings (SSSR count). The quantitative estimate of drug-likeness (QED) is 0.771. The molecular formula is C18H24BrNO4. The third-order valence-corrected chi connectivity index (χ3v) is 5.47. The number of hydrogen-bond donors (Lipinski definition) is 1. The third kappa shape index (κ3) is 4.72. The lowest BCUT2D eigenvalue weighted by atomic mass is 9.78. The Morgan fingerprint density at radius 3 is 2.75 bits per heavy atom. The zero-order valence-electron chi connectivity index (χ0n) is 14.3. The van der Waals surface area contributed by atoms with E-state index in [-0.39, 0.29) is 18.6 Å². The normalized spacial score (nSPS) is 23.4. The number of nitrogens with one attached hydrogen (secondary N) is 1. The van der Waals surface area contributed by atoms with E-state index in [0.717, 1.165) is 12.8 Å². The minimum Gasteiger partial charge on any atom is -0.497 e. The van der Waals surface area contributed by atoms with Crippen LogP contribution in [0.4, 0.5) is 0 Å². The van der Waals surface area contributed by atoms with Crippen LogP contribution in [0.2, 0.25) is 0 Å². The van der Waals surface area contributed by atoms with Crippen LogP contribution in [-0.2, 0) is 9.53 Å². The summed E-state index contributed by atoms with van der Waals surface area (Å²) in [5.74, 6) is 0.777. The van der Waals surface area contributed by atoms with Gasteiger partial charge in [0.2, 0.25) is 0 Å². The number of amides is 1. The first-order valence-electron chi connectivity index (χ1n) is 8.22. The van der Waals surface area contributed by atoms with Crippen molar-refractivity contribution in [1.29, 1.82) is 0 Å². The van der Waals surface area contributed by atoms with Crippen molar-refractivity contribution in [3.8, 4) is 5.75 Å². The van der Waals surface area contributed by atoms with Crippen LogP contribution in [0.5, 0.6) is 5.75 Å². The van der Waals surface area contributed by atoms with Crippen molar-refractivity contribution in [1.82, 2.24) is 5.32 Å². The van der Waals surface area contributed by atoms with Gasteiger partial charge >= 0.3 is 5.97 Å². The van der Waals surface area contributed by atoms with Crippen LogP contribution in [-0.4, -0.2) is 31.6 Å². The molecule has 132 valence electrons. The van der Waals surface area contributed by atoms with Gasteiger partial charge in [0, 0.05) is 10.5 Å². The smallest absolute Gasteiger partial charge is 0.339 e. The molecule has 1 saturated carbocycles. The zero-order chi connectivity index (χ0) is 17.7. The second-order valence-corrected chi connectivity index (χ2v) is 7.22. The molecule has 0 aliphatic heterocycles. The van der Waals surface area contributed by atoms with E-state index in [4.69, 9.17) is 9.47 Å². The molecule has 3 atom stereocenters. The topological polar surface area (TPSA) is 64.6 Å². The summed E-state index contributed by atoms with van der Waals surface area (Å²) in [6.07, 6.45) is 3.30. The van der Waals surface area contributed by atoms with Gasteiger partial charge in [-0.25, -0.2) is 4.79 Å². The lowest BCUT2D eigenvalue weighted by Gasteiger charge is -2.34. The number of hydrogen-bond acceptors (Lipinski definition) is 4. The van der Waals surface area contributed by atoms with Crippen molar-refractivity contribution >= 4 is 27.8 Å². The maximum atomic E-state index is 12.2. The number of methoxy groups -OCH3 is 1. The Bertz CT molecular complexity index is 605. The fourth-order valence-electron chi connectivity index (χ4n) is 3.03. The molecule has 24 heavy (non-hydrogen) atoms. The van der Waals surface area contributed by atoms with E-state index in [0.29, 0.717) is 27.6 Å². The fourth-order valence-corrected chi connectivity index (χ4v) is 3.44. The minimum atomic E-state index is -0.555. The first-order chi connectivity index (χ1) is 11.4. The molecule has 0 spiro atoms. The van der Waals surface area contributed by atoms with Gasteiger partial charge in [0.15, 0.2) is 6.61 Å². The highest BCUT2D eigenvalue weighted by Gasteiger charge is 2.28. The van der Waals surface area contributed by atoms with E-state index in [1.165, 1.54) is 13.5 Å². The lowest BCUT2D eigenvalue weighted by Crippen LogP contribution is -2.45. The first-order valence-corrected chi connectivity index (χ1v) is 9.01. The van der Waals surface area contributed by atoms with Crippen molar-refractivity contribution < 1.29 is 19.1 Å². The number of halogens is 1. The Hall–Kier alpha value is -1.56. The molecule has 1 amide bonds. The molecule has 1 fully saturated rings. The number of esters is 1. The summed E-state index contributed by atoms with van der Waals surface area (Å²) < 4.78 is 10.8. The Kier molecular flexibility index (Phi) is 6.66. The molecule has 1 aromatic rings. The van der Waals surface area contributed by atoms with E-state index >= 15 is 0 Å². The average molecular weight is 398 g/mol. The molecular weight excluding hydrogens is 374 g/mol. The molecule has 0 heterocycles. The fraction of sp³-hybridized carbons (Fsp3) is 0.556. The molecule has 1 N–H and O–H groups in total. The van der Waals surface area contributed by atoms with Crippen molar-refractivity contribution in [3.05, 3.63) is 28.2 Å². The van der Waals surface area contributed by atoms with Crippen LogP contribution in [0.25, 0.3) is 0 Å². The summed E-state index contributed by atoms with van der Waals surface area (Å²) in [6, 6.07) is 5.18. The molecule has 1 aromatic carbocycles. The van der Waals surface area contributed by atoms with Gasteiger partial charge in [-0.1, -0.05) is 26.7 Å². The minimum absolute atomic E-state index is 0.156. The predicted molar refractivity (Wildman–Crippen MR) is 95.1 cm³/mol. The van der Waals surface area contributed by atoms with E-state index in [1.807, 2.05) is 0 Å². The van der Waals surface area contributed by atoms with Crippen molar-refractivity contribution in [2.45, 2.75) is 39.2 Å². The number of benzene rings is 1. The highest BCUT2D eigenvalue weighted by Crippen LogP contribution is 2.29. The monoisotopic (exact) mass is 397 g/mol. The second-order valence-electron chi connectivity index (χ2n) is 6.36. The Morgan fingerprint density at radius 2 is 2.04 bits per heavy atom. The standard InChI is InChI=1S/C18H24BrNO4/c1-11-5-4-6-16(12(11)2)20-17(21)10-24-18(22)14-9-13(23-3)7-8-15(14)19/h7-9,11-12,16H,4-6,10H2,1-3H3,(H,20,21)/t11-,12+,16-/m1/s1. The Balaban J connectivity index is 1.88. The highest BCUT2D eigenvalue weighted by molar-refractivity contribution is 9.10. The van der Waals surface area contributed by atoms with Crippen molar-refractivity contribution in [3.63, 3.8) is 0 Å². The molecule has 0 bridgehead atoms. The third-order valence-electron chi connectivity index (χ3n) is 4.78. The van der Waals surface area contributed by atoms with Crippen LogP contribution in [0.1, 0.15) is 43.5 Å². The molecule has 6 heteroatoms. The van der Waals surface area contributed by atoms with Crippen LogP contribution in [0.15, 0.2) is 22.7 Å². The SMILES string of the molecule is COc1ccc(Br)c(C(=O)OCC(=O)N[C@@H]2CCC[C@@H](C)[C@@H]2C)c1. The van der Waals surface area contributed by atoms with E-state index in [1.54, 1.807) is 18.2 Å². The summed E-state index contributed by atoms with van der Waals surface area (Å²) in [5, 5.41) is 2.99. The maximum absolute atomic E-state index is 12.2. The zero-order valence-corrected chi connectivity index (χ0v) is 15.9. The molecule has 0 saturated heterocycles. The number of rotatable bonds is 5. The lowest BCUT2D eigenvalue weighted by molar-refractivity contribution is -0.125. The molecule has 0 aromatic heterocycles. The maximum Gasteiger partial charge on any atom is 0.339 e. The van der Waals surface area contributed by atoms with Crippen LogP contribution in [0, 0.1) is 11.8 Å². The molecule has 5 nitrogen and oxygen atoms in total. The van der Waals surface area contributed by atoms with Gasteiger partial charge in [0.1, 0.15) is 5.75 Å². The highest BCUT2D eigenvalue weighted by atomic mass is 79.9. The molecule has 0 unspecified atom stereocenters. The van der Waals surface area contributed by atoms with E-state index < -0.39 is 5.97 Å². The van der Waals surface area contributed by atoms with Gasteiger partial charge in [-0.2, -0.15) is 0 Å². The van der Waals surface area contributed by atoms with Crippen LogP contribution in [0.3, 0.4) is 0 Å². The summed E-state index contributed by atoms with van der Waals surface area (Å²) in [5.41, 5.74) is 0.335. The van der Waals surface area contributed by atoms with Gasteiger partial charge in [0.05, 0.1) is 12.7 Å². The van der Waals surface area contributed by atoms with Gasteiger partial charge in [-0.3, -0.25) is 4.79 Å². The molecule has 0 radical (unpaired) electrons. The largest absolute Gasteiger partial charge is 0.497 e. The Morgan fingerprint density at radius 1 is 1.29 bits per heavy atom. The van der Waals surface area contributed by atoms with Gasteiger partial charge in [0.25, 0.3) is 5.91 Å². The number of carbonyl (C=O) groups is 2. The second kappa shape index (κ2) is 8.51. The van der Waals surface area contributed by atoms with Gasteiger partial charge in [-0.15, -0.1) is 0 Å². The van der Waals surface area contributed by atoms with Crippen LogP contribution >= 0.6 is 15.9 Å². The van der Waals surface area contributed by atoms with Crippen molar-refractivity contribution in [2.75, 3.05) is 13.7 Å². The molecule has 1 aliphatic carbocycles. The van der Waals surface area contributed by atoms with Gasteiger partial charge < -0.3 is 14.8 Å². The average Bonchev–Trinajstić information content (AvgIpc) is 2.57. The number of carbonyl (C=O) groups excluding carboxylic acids is 2. The molecule has 1 aliphatic rings. The van der Waals surface area contributed by atoms with E-state index in [2.05, 4.69) is 35.1 Å². The van der Waals surface area contributed by atoms with E-state index in [9.17, 15) is 9.59 Å². The van der Waals surface area contributed by atoms with Gasteiger partial charge in [-0.05, 0) is 52.4 Å². The van der Waals surface area contributed by atoms with Crippen molar-refractivity contribution in [2.24, 2.45) is 11.8 Å². The number of ether oxygens (including phenoxy) is 2. The Labute approximate surface area is 151 Å². The summed E-state index contributed by atoms with van der Waals surface area (Å²) in [4.78, 5) is 24.2. The summed E-state index contributed by atoms with van der Waals surface area (Å²) in [7, 11) is 1.53. The summed E-state index contributed by atoms with van der Waals surface area (Å²) >= 11 is 3.30.